The molecule has 14 heteroatoms. The summed E-state index contributed by atoms with van der Waals surface area (Å²) in [6.07, 6.45) is 3.15. The van der Waals surface area contributed by atoms with E-state index in [2.05, 4.69) is 25.7 Å². The summed E-state index contributed by atoms with van der Waals surface area (Å²) in [4.78, 5) is 21.7. The number of fused-ring (bicyclic) bond motifs is 1. The summed E-state index contributed by atoms with van der Waals surface area (Å²) in [5.74, 6) is 0.882. The van der Waals surface area contributed by atoms with E-state index in [1.165, 1.54) is 10.9 Å². The molecule has 0 aliphatic carbocycles. The van der Waals surface area contributed by atoms with Gasteiger partial charge in [-0.1, -0.05) is 35.9 Å². The average Bonchev–Trinajstić information content (AvgIpc) is 2.97. The summed E-state index contributed by atoms with van der Waals surface area (Å²) < 4.78 is 13.0. The highest BCUT2D eigenvalue weighted by Crippen LogP contribution is 2.43. The van der Waals surface area contributed by atoms with Gasteiger partial charge in [0.25, 0.3) is 5.56 Å². The van der Waals surface area contributed by atoms with Crippen LogP contribution in [0.3, 0.4) is 0 Å². The third kappa shape index (κ3) is 5.01. The maximum atomic E-state index is 12.9. The largest absolute Gasteiger partial charge is 0.490 e. The minimum atomic E-state index is -0.796. The van der Waals surface area contributed by atoms with Gasteiger partial charge in [-0.25, -0.2) is 9.98 Å². The van der Waals surface area contributed by atoms with E-state index in [9.17, 15) is 10.1 Å². The number of nitrogens with two attached hydrogens (primary N) is 2. The zero-order valence-electron chi connectivity index (χ0n) is 21.4. The van der Waals surface area contributed by atoms with Crippen molar-refractivity contribution in [1.29, 1.82) is 10.5 Å². The Morgan fingerprint density at radius 3 is 2.63 bits per heavy atom. The lowest BCUT2D eigenvalue weighted by molar-refractivity contribution is 0.320. The van der Waals surface area contributed by atoms with Gasteiger partial charge in [0.2, 0.25) is 5.96 Å². The van der Waals surface area contributed by atoms with Gasteiger partial charge >= 0.3 is 0 Å². The van der Waals surface area contributed by atoms with Crippen LogP contribution >= 0.6 is 11.6 Å². The summed E-state index contributed by atoms with van der Waals surface area (Å²) >= 11 is 6.39. The van der Waals surface area contributed by atoms with E-state index in [0.29, 0.717) is 22.6 Å². The Balaban J connectivity index is 1.56. The van der Waals surface area contributed by atoms with Crippen LogP contribution in [-0.4, -0.2) is 27.3 Å². The molecule has 1 aliphatic rings. The highest BCUT2D eigenvalue weighted by atomic mass is 35.5. The van der Waals surface area contributed by atoms with Gasteiger partial charge in [-0.3, -0.25) is 10.1 Å². The molecule has 41 heavy (non-hydrogen) atoms. The number of hydrogen-bond acceptors (Lipinski definition) is 12. The molecule has 0 radical (unpaired) electrons. The number of nitrogen functional groups attached to an aromatic ring is 2. The fourth-order valence-corrected chi connectivity index (χ4v) is 4.40. The predicted molar refractivity (Wildman–Crippen MR) is 152 cm³/mol. The van der Waals surface area contributed by atoms with Crippen molar-refractivity contribution in [2.24, 2.45) is 4.99 Å². The number of benzene rings is 2. The van der Waals surface area contributed by atoms with Crippen LogP contribution < -0.4 is 37.1 Å². The van der Waals surface area contributed by atoms with Crippen LogP contribution in [0.25, 0.3) is 5.69 Å². The van der Waals surface area contributed by atoms with Crippen molar-refractivity contribution in [1.82, 2.24) is 20.1 Å². The van der Waals surface area contributed by atoms with E-state index >= 15 is 0 Å². The van der Waals surface area contributed by atoms with Crippen LogP contribution in [0, 0.1) is 22.8 Å². The van der Waals surface area contributed by atoms with Gasteiger partial charge in [-0.2, -0.15) is 20.3 Å². The molecule has 2 aromatic heterocycles. The molecule has 0 spiro atoms. The maximum absolute atomic E-state index is 12.9. The fourth-order valence-electron chi connectivity index (χ4n) is 4.23. The summed E-state index contributed by atoms with van der Waals surface area (Å²) in [7, 11) is 0. The normalized spacial score (nSPS) is 13.6. The molecule has 4 aromatic rings. The molecule has 5 rings (SSSR count). The van der Waals surface area contributed by atoms with E-state index in [1.54, 1.807) is 49.4 Å². The third-order valence-corrected chi connectivity index (χ3v) is 6.40. The van der Waals surface area contributed by atoms with Gasteiger partial charge in [0, 0.05) is 5.56 Å². The Labute approximate surface area is 238 Å². The van der Waals surface area contributed by atoms with Crippen molar-refractivity contribution in [3.63, 3.8) is 0 Å². The number of aliphatic imine (C=N–C) groups is 1. The Bertz CT molecular complexity index is 1830. The van der Waals surface area contributed by atoms with Crippen LogP contribution in [0.5, 0.6) is 17.2 Å². The average molecular weight is 569 g/mol. The predicted octanol–water partition coefficient (Wildman–Crippen LogP) is 3.45. The van der Waals surface area contributed by atoms with Crippen molar-refractivity contribution in [3.8, 4) is 35.2 Å². The molecule has 0 saturated heterocycles. The first-order valence-electron chi connectivity index (χ1n) is 12.1. The maximum Gasteiger partial charge on any atom is 0.294 e. The molecule has 1 atom stereocenters. The monoisotopic (exact) mass is 568 g/mol. The number of hydrogen-bond donors (Lipinski definition) is 4. The van der Waals surface area contributed by atoms with Gasteiger partial charge in [0.05, 0.1) is 24.2 Å². The summed E-state index contributed by atoms with van der Waals surface area (Å²) in [5.41, 5.74) is 13.3. The van der Waals surface area contributed by atoms with Crippen molar-refractivity contribution >= 4 is 34.9 Å². The summed E-state index contributed by atoms with van der Waals surface area (Å²) in [6.45, 7) is 2.08. The first-order chi connectivity index (χ1) is 19.9. The molecule has 2 aromatic carbocycles. The number of nitrogens with zero attached hydrogens (tertiary/aromatic N) is 6. The number of nitriles is 2. The van der Waals surface area contributed by atoms with Gasteiger partial charge in [0.15, 0.2) is 28.5 Å². The number of guanidine groups is 1. The summed E-state index contributed by atoms with van der Waals surface area (Å²) in [5, 5.41) is 28.1. The molecule has 0 amide bonds. The van der Waals surface area contributed by atoms with Crippen LogP contribution in [0.2, 0.25) is 5.02 Å². The van der Waals surface area contributed by atoms with Crippen LogP contribution in [0.15, 0.2) is 64.5 Å². The van der Waals surface area contributed by atoms with E-state index < -0.39 is 11.6 Å². The Hall–Kier alpha value is -5.79. The molecule has 13 nitrogen and oxygen atoms in total. The van der Waals surface area contributed by atoms with Crippen LogP contribution in [0.1, 0.15) is 29.7 Å². The highest BCUT2D eigenvalue weighted by molar-refractivity contribution is 6.31. The van der Waals surface area contributed by atoms with Crippen molar-refractivity contribution < 1.29 is 9.47 Å². The second-order valence-corrected chi connectivity index (χ2v) is 8.90. The molecule has 0 bridgehead atoms. The highest BCUT2D eigenvalue weighted by Gasteiger charge is 2.30. The lowest BCUT2D eigenvalue weighted by Gasteiger charge is -2.26. The number of ether oxygens (including phenoxy) is 2. The minimum absolute atomic E-state index is 0.0137. The number of anilines is 3. The van der Waals surface area contributed by atoms with Crippen molar-refractivity contribution in [2.75, 3.05) is 23.4 Å². The smallest absolute Gasteiger partial charge is 0.294 e. The first kappa shape index (κ1) is 26.8. The molecule has 1 unspecified atom stereocenters. The lowest BCUT2D eigenvalue weighted by atomic mass is 9.95. The van der Waals surface area contributed by atoms with E-state index in [4.69, 9.17) is 37.8 Å². The molecule has 0 saturated carbocycles. The van der Waals surface area contributed by atoms with Gasteiger partial charge < -0.3 is 26.3 Å². The Morgan fingerprint density at radius 1 is 1.15 bits per heavy atom. The van der Waals surface area contributed by atoms with E-state index in [1.807, 2.05) is 18.3 Å². The molecule has 3 heterocycles. The molecule has 204 valence electrons. The second-order valence-electron chi connectivity index (χ2n) is 8.52. The van der Waals surface area contributed by atoms with E-state index in [0.717, 1.165) is 0 Å². The van der Waals surface area contributed by atoms with Crippen LogP contribution in [-0.2, 0) is 0 Å². The quantitative estimate of drug-likeness (QED) is 0.196. The zero-order chi connectivity index (χ0) is 29.1. The minimum Gasteiger partial charge on any atom is -0.490 e. The number of para-hydroxylation sites is 1. The summed E-state index contributed by atoms with van der Waals surface area (Å²) in [6, 6.07) is 15.0. The van der Waals surface area contributed by atoms with Gasteiger partial charge in [-0.15, -0.1) is 0 Å². The van der Waals surface area contributed by atoms with Crippen molar-refractivity contribution in [3.05, 3.63) is 86.8 Å². The molecule has 0 fully saturated rings. The molecule has 6 N–H and O–H groups in total. The topological polar surface area (TPSA) is 202 Å². The molecular formula is C27H21ClN10O3. The SMILES string of the molecule is CCOc1cc(C2N=C(NC#N)Nc3nc(N)c(C#N)c(N)c32)ccc1Oc1cnn(-c2ccccc2)c(=O)c1Cl. The molecular weight excluding hydrogens is 548 g/mol. The van der Waals surface area contributed by atoms with Crippen molar-refractivity contribution in [2.45, 2.75) is 13.0 Å². The second kappa shape index (κ2) is 11.1. The van der Waals surface area contributed by atoms with Crippen LogP contribution in [0.4, 0.5) is 17.3 Å². The number of aromatic nitrogens is 3. The van der Waals surface area contributed by atoms with Gasteiger partial charge in [0.1, 0.15) is 29.3 Å². The zero-order valence-corrected chi connectivity index (χ0v) is 22.2. The lowest BCUT2D eigenvalue weighted by Crippen LogP contribution is -2.32. The number of rotatable bonds is 6. The Kier molecular flexibility index (Phi) is 7.28. The van der Waals surface area contributed by atoms with E-state index in [-0.39, 0.29) is 52.0 Å². The standard InChI is InChI=1S/C27H21ClN10O3/c1-2-40-18-10-14(23-20-22(31)16(11-29)24(32)36-25(20)37-27(35-23)33-13-30)8-9-17(18)41-19-12-34-38(26(39)21(19)28)15-6-4-3-5-7-15/h3-10,12,23H,2H2,1H3,(H6,31,32,33,35,36,37). The fraction of sp³-hybridized carbons (Fsp3) is 0.111. The molecule has 1 aliphatic heterocycles. The first-order valence-corrected chi connectivity index (χ1v) is 12.5. The number of halogens is 1. The Morgan fingerprint density at radius 2 is 1.93 bits per heavy atom. The number of nitrogens with one attached hydrogen (secondary N) is 2. The third-order valence-electron chi connectivity index (χ3n) is 6.05. The van der Waals surface area contributed by atoms with Gasteiger partial charge in [-0.05, 0) is 36.8 Å². The number of pyridine rings is 1.